The molecule has 28 heavy (non-hydrogen) atoms. The predicted octanol–water partition coefficient (Wildman–Crippen LogP) is 2.27. The van der Waals surface area contributed by atoms with Crippen LogP contribution in [0, 0.1) is 19.8 Å². The van der Waals surface area contributed by atoms with Gasteiger partial charge in [0.2, 0.25) is 11.8 Å². The molecule has 2 aromatic heterocycles. The SMILES string of the molecule is Cc1cc(C)n(-c2ncc(NC(=O)C3CC(=O)N(c4ccccc4)C3)cn2)n1. The van der Waals surface area contributed by atoms with Crippen molar-refractivity contribution in [1.29, 1.82) is 0 Å². The maximum Gasteiger partial charge on any atom is 0.250 e. The van der Waals surface area contributed by atoms with E-state index in [0.29, 0.717) is 18.2 Å². The molecule has 0 radical (unpaired) electrons. The quantitative estimate of drug-likeness (QED) is 0.754. The molecule has 1 aliphatic heterocycles. The molecule has 1 unspecified atom stereocenters. The molecule has 2 amide bonds. The number of para-hydroxylation sites is 1. The molecule has 1 saturated heterocycles. The van der Waals surface area contributed by atoms with E-state index in [2.05, 4.69) is 20.4 Å². The lowest BCUT2D eigenvalue weighted by Crippen LogP contribution is -2.28. The molecule has 1 aliphatic rings. The molecule has 8 heteroatoms. The molecule has 8 nitrogen and oxygen atoms in total. The van der Waals surface area contributed by atoms with E-state index in [-0.39, 0.29) is 18.2 Å². The topological polar surface area (TPSA) is 93.0 Å². The number of amides is 2. The van der Waals surface area contributed by atoms with Crippen molar-refractivity contribution in [3.63, 3.8) is 0 Å². The van der Waals surface area contributed by atoms with Crippen molar-refractivity contribution >= 4 is 23.2 Å². The summed E-state index contributed by atoms with van der Waals surface area (Å²) in [5.74, 6) is -0.241. The lowest BCUT2D eigenvalue weighted by molar-refractivity contribution is -0.122. The zero-order valence-corrected chi connectivity index (χ0v) is 15.7. The average molecular weight is 376 g/mol. The van der Waals surface area contributed by atoms with E-state index in [1.54, 1.807) is 22.0 Å². The van der Waals surface area contributed by atoms with Gasteiger partial charge in [0.15, 0.2) is 0 Å². The highest BCUT2D eigenvalue weighted by atomic mass is 16.2. The van der Waals surface area contributed by atoms with Crippen molar-refractivity contribution in [3.05, 3.63) is 60.2 Å². The first-order valence-electron chi connectivity index (χ1n) is 9.03. The molecule has 142 valence electrons. The van der Waals surface area contributed by atoms with E-state index in [9.17, 15) is 9.59 Å². The van der Waals surface area contributed by atoms with Gasteiger partial charge in [0.05, 0.1) is 29.7 Å². The minimum atomic E-state index is -0.414. The van der Waals surface area contributed by atoms with Crippen molar-refractivity contribution in [3.8, 4) is 5.95 Å². The van der Waals surface area contributed by atoms with Crippen molar-refractivity contribution < 1.29 is 9.59 Å². The summed E-state index contributed by atoms with van der Waals surface area (Å²) in [6.45, 7) is 4.19. The molecule has 0 spiro atoms. The molecule has 1 atom stereocenters. The smallest absolute Gasteiger partial charge is 0.250 e. The lowest BCUT2D eigenvalue weighted by Gasteiger charge is -2.16. The van der Waals surface area contributed by atoms with Gasteiger partial charge in [0.25, 0.3) is 5.95 Å². The molecule has 1 aromatic carbocycles. The van der Waals surface area contributed by atoms with Gasteiger partial charge in [-0.25, -0.2) is 14.6 Å². The predicted molar refractivity (Wildman–Crippen MR) is 104 cm³/mol. The van der Waals surface area contributed by atoms with Gasteiger partial charge >= 0.3 is 0 Å². The molecule has 3 aromatic rings. The van der Waals surface area contributed by atoms with Gasteiger partial charge in [-0.3, -0.25) is 9.59 Å². The third kappa shape index (κ3) is 3.48. The highest BCUT2D eigenvalue weighted by Gasteiger charge is 2.35. The first-order chi connectivity index (χ1) is 13.5. The molecule has 3 heterocycles. The monoisotopic (exact) mass is 376 g/mol. The zero-order chi connectivity index (χ0) is 19.7. The number of hydrogen-bond donors (Lipinski definition) is 1. The van der Waals surface area contributed by atoms with E-state index in [1.807, 2.05) is 50.2 Å². The van der Waals surface area contributed by atoms with Crippen LogP contribution in [0.5, 0.6) is 0 Å². The second-order valence-corrected chi connectivity index (χ2v) is 6.84. The molecule has 1 N–H and O–H groups in total. The first-order valence-corrected chi connectivity index (χ1v) is 9.03. The molecule has 0 saturated carbocycles. The van der Waals surface area contributed by atoms with E-state index in [1.165, 1.54) is 0 Å². The molecule has 1 fully saturated rings. The number of aromatic nitrogens is 4. The highest BCUT2D eigenvalue weighted by molar-refractivity contribution is 6.03. The Hall–Kier alpha value is -3.55. The van der Waals surface area contributed by atoms with Gasteiger partial charge in [0.1, 0.15) is 0 Å². The first kappa shape index (κ1) is 17.8. The van der Waals surface area contributed by atoms with Crippen molar-refractivity contribution in [2.45, 2.75) is 20.3 Å². The van der Waals surface area contributed by atoms with Crippen LogP contribution in [0.25, 0.3) is 5.95 Å². The van der Waals surface area contributed by atoms with Crippen LogP contribution in [0.4, 0.5) is 11.4 Å². The van der Waals surface area contributed by atoms with Crippen LogP contribution in [0.2, 0.25) is 0 Å². The Morgan fingerprint density at radius 3 is 2.50 bits per heavy atom. The van der Waals surface area contributed by atoms with Crippen molar-refractivity contribution in [2.24, 2.45) is 5.92 Å². The fourth-order valence-corrected chi connectivity index (χ4v) is 3.31. The Labute approximate surface area is 162 Å². The van der Waals surface area contributed by atoms with E-state index in [4.69, 9.17) is 0 Å². The van der Waals surface area contributed by atoms with Gasteiger partial charge in [-0.15, -0.1) is 0 Å². The van der Waals surface area contributed by atoms with Crippen molar-refractivity contribution in [1.82, 2.24) is 19.7 Å². The Morgan fingerprint density at radius 1 is 1.14 bits per heavy atom. The van der Waals surface area contributed by atoms with Crippen LogP contribution in [0.1, 0.15) is 17.8 Å². The largest absolute Gasteiger partial charge is 0.323 e. The summed E-state index contributed by atoms with van der Waals surface area (Å²) in [7, 11) is 0. The Morgan fingerprint density at radius 2 is 1.86 bits per heavy atom. The van der Waals surface area contributed by atoms with Crippen LogP contribution in [0.15, 0.2) is 48.8 Å². The summed E-state index contributed by atoms with van der Waals surface area (Å²) < 4.78 is 1.65. The third-order valence-corrected chi connectivity index (χ3v) is 4.67. The average Bonchev–Trinajstić information content (AvgIpc) is 3.25. The maximum absolute atomic E-state index is 12.6. The maximum atomic E-state index is 12.6. The van der Waals surface area contributed by atoms with Gasteiger partial charge in [-0.1, -0.05) is 18.2 Å². The molecular formula is C20H20N6O2. The van der Waals surface area contributed by atoms with Crippen LogP contribution >= 0.6 is 0 Å². The molecule has 4 rings (SSSR count). The van der Waals surface area contributed by atoms with Gasteiger partial charge in [-0.05, 0) is 32.0 Å². The normalized spacial score (nSPS) is 16.4. The minimum absolute atomic E-state index is 0.0533. The van der Waals surface area contributed by atoms with Gasteiger partial charge in [-0.2, -0.15) is 5.10 Å². The van der Waals surface area contributed by atoms with Gasteiger partial charge in [0, 0.05) is 24.3 Å². The van der Waals surface area contributed by atoms with Gasteiger partial charge < -0.3 is 10.2 Å². The number of nitrogens with zero attached hydrogens (tertiary/aromatic N) is 5. The van der Waals surface area contributed by atoms with E-state index in [0.717, 1.165) is 17.1 Å². The van der Waals surface area contributed by atoms with E-state index < -0.39 is 5.92 Å². The number of hydrogen-bond acceptors (Lipinski definition) is 5. The molecule has 0 bridgehead atoms. The van der Waals surface area contributed by atoms with E-state index >= 15 is 0 Å². The molecule has 0 aliphatic carbocycles. The van der Waals surface area contributed by atoms with Crippen LogP contribution in [-0.4, -0.2) is 38.1 Å². The fraction of sp³-hybridized carbons (Fsp3) is 0.250. The lowest BCUT2D eigenvalue weighted by atomic mass is 10.1. The number of nitrogens with one attached hydrogen (secondary N) is 1. The fourth-order valence-electron chi connectivity index (χ4n) is 3.31. The summed E-state index contributed by atoms with van der Waals surface area (Å²) in [6, 6.07) is 11.3. The summed E-state index contributed by atoms with van der Waals surface area (Å²) in [5.41, 5.74) is 3.10. The number of aryl methyl sites for hydroxylation is 2. The Bertz CT molecular complexity index is 1010. The molecular weight excluding hydrogens is 356 g/mol. The highest BCUT2D eigenvalue weighted by Crippen LogP contribution is 2.25. The Balaban J connectivity index is 1.43. The summed E-state index contributed by atoms with van der Waals surface area (Å²) in [5, 5.41) is 7.14. The zero-order valence-electron chi connectivity index (χ0n) is 15.7. The third-order valence-electron chi connectivity index (χ3n) is 4.67. The number of carbonyl (C=O) groups is 2. The standard InChI is InChI=1S/C20H20N6O2/c1-13-8-14(2)26(24-13)20-21-10-16(11-22-20)23-19(28)15-9-18(27)25(12-15)17-6-4-3-5-7-17/h3-8,10-11,15H,9,12H2,1-2H3,(H,23,28). The minimum Gasteiger partial charge on any atom is -0.323 e. The van der Waals surface area contributed by atoms with Crippen LogP contribution in [-0.2, 0) is 9.59 Å². The second-order valence-electron chi connectivity index (χ2n) is 6.84. The summed E-state index contributed by atoms with van der Waals surface area (Å²) in [6.07, 6.45) is 3.27. The summed E-state index contributed by atoms with van der Waals surface area (Å²) in [4.78, 5) is 35.1. The number of anilines is 2. The number of carbonyl (C=O) groups excluding carboxylic acids is 2. The Kier molecular flexibility index (Phi) is 4.60. The second kappa shape index (κ2) is 7.22. The van der Waals surface area contributed by atoms with Crippen molar-refractivity contribution in [2.75, 3.05) is 16.8 Å². The number of rotatable bonds is 4. The number of benzene rings is 1. The van der Waals surface area contributed by atoms with Crippen LogP contribution in [0.3, 0.4) is 0 Å². The summed E-state index contributed by atoms with van der Waals surface area (Å²) >= 11 is 0. The van der Waals surface area contributed by atoms with Crippen LogP contribution < -0.4 is 10.2 Å².